The number of rotatable bonds is 30. The summed E-state index contributed by atoms with van der Waals surface area (Å²) in [4.78, 5) is 0. The van der Waals surface area contributed by atoms with E-state index in [4.69, 9.17) is 0 Å². The standard InChI is InChI=1S/2C16H34O3S.Ca/c2*1-2-3-4-5-6-7-8-9-10-11-12-13-14-15-16-20(17,18)19;/h2*2-16H2,1H3,(H,17,18,19);/q;;+2/p-2. The van der Waals surface area contributed by atoms with Gasteiger partial charge in [0.2, 0.25) is 0 Å². The van der Waals surface area contributed by atoms with E-state index in [1.54, 1.807) is 0 Å². The topological polar surface area (TPSA) is 114 Å². The van der Waals surface area contributed by atoms with E-state index < -0.39 is 20.2 Å². The van der Waals surface area contributed by atoms with Crippen LogP contribution >= 0.6 is 0 Å². The van der Waals surface area contributed by atoms with Crippen LogP contribution in [0.4, 0.5) is 0 Å². The van der Waals surface area contributed by atoms with Gasteiger partial charge in [-0.25, -0.2) is 16.8 Å². The van der Waals surface area contributed by atoms with E-state index in [1.165, 1.54) is 141 Å². The van der Waals surface area contributed by atoms with Gasteiger partial charge in [-0.15, -0.1) is 0 Å². The molecule has 41 heavy (non-hydrogen) atoms. The third kappa shape index (κ3) is 51.0. The molecule has 0 radical (unpaired) electrons. The van der Waals surface area contributed by atoms with E-state index in [1.807, 2.05) is 0 Å². The smallest absolute Gasteiger partial charge is 0.748 e. The summed E-state index contributed by atoms with van der Waals surface area (Å²) >= 11 is 0. The summed E-state index contributed by atoms with van der Waals surface area (Å²) in [5.41, 5.74) is 0. The molecule has 0 bridgehead atoms. The Morgan fingerprint density at radius 1 is 0.317 bits per heavy atom. The minimum atomic E-state index is -3.99. The Labute approximate surface area is 286 Å². The van der Waals surface area contributed by atoms with Crippen LogP contribution in [-0.4, -0.2) is 75.2 Å². The minimum Gasteiger partial charge on any atom is -0.748 e. The molecular formula is C32H66CaO6S2. The number of unbranched alkanes of at least 4 members (excludes halogenated alkanes) is 26. The third-order valence-electron chi connectivity index (χ3n) is 7.50. The zero-order chi connectivity index (χ0) is 30.2. The normalized spacial score (nSPS) is 11.6. The van der Waals surface area contributed by atoms with Crippen LogP contribution in [0, 0.1) is 0 Å². The Hall–Kier alpha value is 1.08. The molecule has 0 saturated heterocycles. The first kappa shape index (κ1) is 46.5. The molecule has 0 aliphatic rings. The fraction of sp³-hybridized carbons (Fsp3) is 1.00. The molecule has 0 aromatic carbocycles. The van der Waals surface area contributed by atoms with Crippen molar-refractivity contribution in [1.29, 1.82) is 0 Å². The van der Waals surface area contributed by atoms with Crippen molar-refractivity contribution < 1.29 is 25.9 Å². The Bertz CT molecular complexity index is 639. The maximum atomic E-state index is 10.4. The summed E-state index contributed by atoms with van der Waals surface area (Å²) in [6.07, 6.45) is 34.3. The molecule has 0 aromatic rings. The monoisotopic (exact) mass is 650 g/mol. The van der Waals surface area contributed by atoms with Crippen LogP contribution < -0.4 is 0 Å². The minimum absolute atomic E-state index is 0. The fourth-order valence-corrected chi connectivity index (χ4v) is 6.06. The molecule has 0 unspecified atom stereocenters. The van der Waals surface area contributed by atoms with Crippen LogP contribution in [0.3, 0.4) is 0 Å². The Balaban J connectivity index is -0.000000688. The van der Waals surface area contributed by atoms with Gasteiger partial charge in [0.05, 0.1) is 20.2 Å². The molecule has 0 rings (SSSR count). The second-order valence-electron chi connectivity index (χ2n) is 11.7. The van der Waals surface area contributed by atoms with Crippen LogP contribution in [0.15, 0.2) is 0 Å². The van der Waals surface area contributed by atoms with Gasteiger partial charge in [0.15, 0.2) is 0 Å². The summed E-state index contributed by atoms with van der Waals surface area (Å²) in [5, 5.41) is 0. The van der Waals surface area contributed by atoms with Crippen molar-refractivity contribution in [2.75, 3.05) is 11.5 Å². The van der Waals surface area contributed by atoms with Crippen molar-refractivity contribution >= 4 is 58.0 Å². The largest absolute Gasteiger partial charge is 2.00 e. The van der Waals surface area contributed by atoms with E-state index in [9.17, 15) is 25.9 Å². The Kier molecular flexibility index (Phi) is 40.3. The summed E-state index contributed by atoms with van der Waals surface area (Å²) < 4.78 is 62.4. The first-order valence-electron chi connectivity index (χ1n) is 17.0. The van der Waals surface area contributed by atoms with Crippen molar-refractivity contribution in [2.24, 2.45) is 0 Å². The molecule has 0 spiro atoms. The quantitative estimate of drug-likeness (QED) is 0.0434. The first-order valence-corrected chi connectivity index (χ1v) is 20.1. The zero-order valence-corrected chi connectivity index (χ0v) is 31.0. The molecule has 6 nitrogen and oxygen atoms in total. The van der Waals surface area contributed by atoms with Gasteiger partial charge in [-0.1, -0.05) is 181 Å². The number of hydrogen-bond acceptors (Lipinski definition) is 6. The maximum absolute atomic E-state index is 10.4. The molecular weight excluding hydrogens is 585 g/mol. The molecule has 9 heteroatoms. The molecule has 0 fully saturated rings. The second-order valence-corrected chi connectivity index (χ2v) is 14.8. The number of hydrogen-bond donors (Lipinski definition) is 0. The molecule has 0 N–H and O–H groups in total. The molecule has 244 valence electrons. The summed E-state index contributed by atoms with van der Waals surface area (Å²) in [6, 6.07) is 0. The molecule has 0 aliphatic carbocycles. The van der Waals surface area contributed by atoms with Crippen molar-refractivity contribution in [3.8, 4) is 0 Å². The first-order chi connectivity index (χ1) is 19.1. The molecule has 0 amide bonds. The molecule has 0 aliphatic heterocycles. The van der Waals surface area contributed by atoms with Gasteiger partial charge in [0.1, 0.15) is 0 Å². The summed E-state index contributed by atoms with van der Waals surface area (Å²) in [6.45, 7) is 4.50. The third-order valence-corrected chi connectivity index (χ3v) is 9.07. The van der Waals surface area contributed by atoms with Crippen molar-refractivity contribution in [3.05, 3.63) is 0 Å². The van der Waals surface area contributed by atoms with E-state index in [-0.39, 0.29) is 49.2 Å². The average molecular weight is 651 g/mol. The van der Waals surface area contributed by atoms with E-state index in [2.05, 4.69) is 13.8 Å². The molecule has 0 heterocycles. The van der Waals surface area contributed by atoms with Gasteiger partial charge in [-0.05, 0) is 12.8 Å². The van der Waals surface area contributed by atoms with Gasteiger partial charge in [0.25, 0.3) is 0 Å². The van der Waals surface area contributed by atoms with E-state index in [0.29, 0.717) is 12.8 Å². The zero-order valence-electron chi connectivity index (χ0n) is 27.2. The van der Waals surface area contributed by atoms with Gasteiger partial charge >= 0.3 is 37.7 Å². The molecule has 0 aromatic heterocycles. The van der Waals surface area contributed by atoms with Gasteiger partial charge in [-0.2, -0.15) is 0 Å². The average Bonchev–Trinajstić information content (AvgIpc) is 2.88. The van der Waals surface area contributed by atoms with Crippen LogP contribution in [-0.2, 0) is 20.2 Å². The Morgan fingerprint density at radius 3 is 0.610 bits per heavy atom. The molecule has 0 saturated carbocycles. The second kappa shape index (κ2) is 35.6. The van der Waals surface area contributed by atoms with Crippen LogP contribution in [0.25, 0.3) is 0 Å². The van der Waals surface area contributed by atoms with Gasteiger partial charge < -0.3 is 9.11 Å². The predicted molar refractivity (Wildman–Crippen MR) is 176 cm³/mol. The van der Waals surface area contributed by atoms with E-state index >= 15 is 0 Å². The van der Waals surface area contributed by atoms with E-state index in [0.717, 1.165) is 25.7 Å². The maximum Gasteiger partial charge on any atom is 2.00 e. The van der Waals surface area contributed by atoms with Gasteiger partial charge in [0, 0.05) is 11.5 Å². The van der Waals surface area contributed by atoms with Crippen LogP contribution in [0.5, 0.6) is 0 Å². The Morgan fingerprint density at radius 2 is 0.463 bits per heavy atom. The fourth-order valence-electron chi connectivity index (χ4n) is 4.95. The van der Waals surface area contributed by atoms with Crippen LogP contribution in [0.1, 0.15) is 194 Å². The van der Waals surface area contributed by atoms with Crippen molar-refractivity contribution in [1.82, 2.24) is 0 Å². The SMILES string of the molecule is CCCCCCCCCCCCCCCCS(=O)(=O)[O-].CCCCCCCCCCCCCCCCS(=O)(=O)[O-].[Ca+2]. The predicted octanol–water partition coefficient (Wildman–Crippen LogP) is 9.64. The summed E-state index contributed by atoms with van der Waals surface area (Å²) in [7, 11) is -7.98. The molecule has 0 atom stereocenters. The van der Waals surface area contributed by atoms with Crippen LogP contribution in [0.2, 0.25) is 0 Å². The van der Waals surface area contributed by atoms with Crippen molar-refractivity contribution in [3.63, 3.8) is 0 Å². The van der Waals surface area contributed by atoms with Gasteiger partial charge in [-0.3, -0.25) is 0 Å². The summed E-state index contributed by atoms with van der Waals surface area (Å²) in [5.74, 6) is -0.379. The van der Waals surface area contributed by atoms with Crippen molar-refractivity contribution in [2.45, 2.75) is 194 Å².